The fourth-order valence-corrected chi connectivity index (χ4v) is 4.02. The fraction of sp³-hybridized carbons (Fsp3) is 0.867. The Balaban J connectivity index is 3.26. The van der Waals surface area contributed by atoms with Crippen LogP contribution in [0.5, 0.6) is 0 Å². The van der Waals surface area contributed by atoms with E-state index in [2.05, 4.69) is 13.8 Å². The minimum Gasteiger partial charge on any atom is -0.466 e. The van der Waals surface area contributed by atoms with Gasteiger partial charge < -0.3 is 9.47 Å². The SMILES string of the molecule is CCCCCCCOC(=O)/C=C/CCCCCCCCCCCCC(=O)OCCCCCCC. The Bertz CT molecular complexity index is 472. The Morgan fingerprint density at radius 1 is 0.529 bits per heavy atom. The van der Waals surface area contributed by atoms with Crippen LogP contribution in [-0.4, -0.2) is 25.2 Å². The van der Waals surface area contributed by atoms with E-state index in [1.54, 1.807) is 6.08 Å². The van der Waals surface area contributed by atoms with Crippen LogP contribution in [0.4, 0.5) is 0 Å². The van der Waals surface area contributed by atoms with Gasteiger partial charge in [-0.05, 0) is 32.1 Å². The van der Waals surface area contributed by atoms with E-state index in [1.165, 1.54) is 89.9 Å². The first-order valence-electron chi connectivity index (χ1n) is 14.7. The molecule has 0 aromatic heterocycles. The van der Waals surface area contributed by atoms with Gasteiger partial charge in [0.1, 0.15) is 0 Å². The van der Waals surface area contributed by atoms with Crippen molar-refractivity contribution < 1.29 is 19.1 Å². The van der Waals surface area contributed by atoms with Crippen molar-refractivity contribution in [3.05, 3.63) is 12.2 Å². The van der Waals surface area contributed by atoms with Crippen LogP contribution in [0.15, 0.2) is 12.2 Å². The summed E-state index contributed by atoms with van der Waals surface area (Å²) in [5.74, 6) is -0.203. The molecule has 0 atom stereocenters. The predicted octanol–water partition coefficient (Wildman–Crippen LogP) is 9.25. The van der Waals surface area contributed by atoms with E-state index in [0.717, 1.165) is 44.9 Å². The van der Waals surface area contributed by atoms with Crippen molar-refractivity contribution in [2.45, 2.75) is 155 Å². The van der Waals surface area contributed by atoms with Crippen LogP contribution >= 0.6 is 0 Å². The van der Waals surface area contributed by atoms with Gasteiger partial charge in [0.25, 0.3) is 0 Å². The molecule has 0 amide bonds. The van der Waals surface area contributed by atoms with Crippen molar-refractivity contribution in [2.24, 2.45) is 0 Å². The number of carbonyl (C=O) groups excluding carboxylic acids is 2. The average Bonchev–Trinajstić information content (AvgIpc) is 2.83. The molecule has 0 aliphatic heterocycles. The number of carbonyl (C=O) groups is 2. The third kappa shape index (κ3) is 26.9. The van der Waals surface area contributed by atoms with Gasteiger partial charge in [-0.1, -0.05) is 123 Å². The number of unbranched alkanes of at least 4 members (excludes halogenated alkanes) is 18. The van der Waals surface area contributed by atoms with Gasteiger partial charge in [0.15, 0.2) is 0 Å². The second-order valence-corrected chi connectivity index (χ2v) is 9.69. The lowest BCUT2D eigenvalue weighted by Gasteiger charge is -2.05. The topological polar surface area (TPSA) is 52.6 Å². The highest BCUT2D eigenvalue weighted by atomic mass is 16.5. The molecule has 4 nitrogen and oxygen atoms in total. The molecule has 0 bridgehead atoms. The summed E-state index contributed by atoms with van der Waals surface area (Å²) in [5, 5.41) is 0. The Morgan fingerprint density at radius 2 is 0.971 bits per heavy atom. The third-order valence-corrected chi connectivity index (χ3v) is 6.26. The molecule has 200 valence electrons. The van der Waals surface area contributed by atoms with E-state index in [9.17, 15) is 9.59 Å². The fourth-order valence-electron chi connectivity index (χ4n) is 4.02. The largest absolute Gasteiger partial charge is 0.466 e. The van der Waals surface area contributed by atoms with Crippen LogP contribution in [0.25, 0.3) is 0 Å². The molecule has 0 aromatic carbocycles. The first-order chi connectivity index (χ1) is 16.7. The van der Waals surface area contributed by atoms with Gasteiger partial charge in [-0.2, -0.15) is 0 Å². The van der Waals surface area contributed by atoms with Crippen LogP contribution in [0.3, 0.4) is 0 Å². The minimum atomic E-state index is -0.190. The molecule has 0 fully saturated rings. The minimum absolute atomic E-state index is 0.0139. The summed E-state index contributed by atoms with van der Waals surface area (Å²) in [6, 6.07) is 0. The molecule has 0 aromatic rings. The lowest BCUT2D eigenvalue weighted by atomic mass is 10.1. The molecule has 34 heavy (non-hydrogen) atoms. The number of hydrogen-bond donors (Lipinski definition) is 0. The maximum Gasteiger partial charge on any atom is 0.330 e. The Hall–Kier alpha value is -1.32. The number of ether oxygens (including phenoxy) is 2. The second-order valence-electron chi connectivity index (χ2n) is 9.69. The summed E-state index contributed by atoms with van der Waals surface area (Å²) in [6.07, 6.45) is 29.1. The Kier molecular flexibility index (Phi) is 26.8. The predicted molar refractivity (Wildman–Crippen MR) is 144 cm³/mol. The van der Waals surface area contributed by atoms with Gasteiger partial charge in [-0.25, -0.2) is 4.79 Å². The highest BCUT2D eigenvalue weighted by Crippen LogP contribution is 2.12. The van der Waals surface area contributed by atoms with Crippen molar-refractivity contribution in [2.75, 3.05) is 13.2 Å². The van der Waals surface area contributed by atoms with Gasteiger partial charge in [0.05, 0.1) is 13.2 Å². The maximum absolute atomic E-state index is 11.7. The highest BCUT2D eigenvalue weighted by Gasteiger charge is 2.02. The van der Waals surface area contributed by atoms with E-state index in [4.69, 9.17) is 9.47 Å². The first-order valence-corrected chi connectivity index (χ1v) is 14.7. The standard InChI is InChI=1S/C30H56O4/c1-3-5-7-19-23-27-33-29(31)25-21-17-15-13-11-9-10-12-14-16-18-22-26-30(32)34-28-24-20-8-6-4-2/h21,25H,3-20,22-24,26-28H2,1-2H3/b25-21+. The zero-order valence-corrected chi connectivity index (χ0v) is 22.8. The van der Waals surface area contributed by atoms with Gasteiger partial charge in [-0.3, -0.25) is 4.79 Å². The monoisotopic (exact) mass is 480 g/mol. The summed E-state index contributed by atoms with van der Waals surface area (Å²) >= 11 is 0. The van der Waals surface area contributed by atoms with Crippen LogP contribution < -0.4 is 0 Å². The molecule has 0 saturated heterocycles. The second kappa shape index (κ2) is 27.9. The molecule has 0 aliphatic carbocycles. The van der Waals surface area contributed by atoms with E-state index in [1.807, 2.05) is 6.08 Å². The lowest BCUT2D eigenvalue weighted by Crippen LogP contribution is -2.05. The summed E-state index contributed by atoms with van der Waals surface area (Å²) in [6.45, 7) is 5.57. The Morgan fingerprint density at radius 3 is 1.53 bits per heavy atom. The Labute approximate surface area is 211 Å². The van der Waals surface area contributed by atoms with Gasteiger partial charge in [0, 0.05) is 12.5 Å². The summed E-state index contributed by atoms with van der Waals surface area (Å²) in [7, 11) is 0. The molecular weight excluding hydrogens is 424 g/mol. The molecule has 0 saturated carbocycles. The number of allylic oxidation sites excluding steroid dienone is 1. The van der Waals surface area contributed by atoms with E-state index in [-0.39, 0.29) is 11.9 Å². The number of rotatable bonds is 26. The van der Waals surface area contributed by atoms with E-state index >= 15 is 0 Å². The normalized spacial score (nSPS) is 11.2. The molecule has 0 rings (SSSR count). The van der Waals surface area contributed by atoms with Crippen molar-refractivity contribution in [3.8, 4) is 0 Å². The van der Waals surface area contributed by atoms with Crippen LogP contribution in [0, 0.1) is 0 Å². The van der Waals surface area contributed by atoms with E-state index in [0.29, 0.717) is 19.6 Å². The van der Waals surface area contributed by atoms with Crippen LogP contribution in [0.1, 0.15) is 155 Å². The molecule has 0 aliphatic rings. The molecule has 0 radical (unpaired) electrons. The van der Waals surface area contributed by atoms with Crippen LogP contribution in [-0.2, 0) is 19.1 Å². The first kappa shape index (κ1) is 32.7. The van der Waals surface area contributed by atoms with E-state index < -0.39 is 0 Å². The van der Waals surface area contributed by atoms with Gasteiger partial charge in [0.2, 0.25) is 0 Å². The number of esters is 2. The summed E-state index contributed by atoms with van der Waals surface area (Å²) in [4.78, 5) is 23.3. The van der Waals surface area contributed by atoms with Crippen molar-refractivity contribution in [1.29, 1.82) is 0 Å². The summed E-state index contributed by atoms with van der Waals surface area (Å²) < 4.78 is 10.5. The van der Waals surface area contributed by atoms with Crippen molar-refractivity contribution in [3.63, 3.8) is 0 Å². The lowest BCUT2D eigenvalue weighted by molar-refractivity contribution is -0.144. The number of hydrogen-bond acceptors (Lipinski definition) is 4. The summed E-state index contributed by atoms with van der Waals surface area (Å²) in [5.41, 5.74) is 0. The molecule has 0 heterocycles. The zero-order chi connectivity index (χ0) is 25.0. The molecule has 0 N–H and O–H groups in total. The average molecular weight is 481 g/mol. The highest BCUT2D eigenvalue weighted by molar-refractivity contribution is 5.81. The molecule has 0 unspecified atom stereocenters. The zero-order valence-electron chi connectivity index (χ0n) is 22.8. The van der Waals surface area contributed by atoms with Crippen molar-refractivity contribution >= 4 is 11.9 Å². The third-order valence-electron chi connectivity index (χ3n) is 6.26. The molecular formula is C30H56O4. The van der Waals surface area contributed by atoms with Gasteiger partial charge >= 0.3 is 11.9 Å². The molecule has 4 heteroatoms. The van der Waals surface area contributed by atoms with Crippen molar-refractivity contribution in [1.82, 2.24) is 0 Å². The molecule has 0 spiro atoms. The quantitative estimate of drug-likeness (QED) is 0.0703. The van der Waals surface area contributed by atoms with Gasteiger partial charge in [-0.15, -0.1) is 0 Å². The van der Waals surface area contributed by atoms with Crippen LogP contribution in [0.2, 0.25) is 0 Å². The smallest absolute Gasteiger partial charge is 0.330 e. The maximum atomic E-state index is 11.7.